The van der Waals surface area contributed by atoms with Crippen molar-refractivity contribution in [1.82, 2.24) is 4.57 Å². The van der Waals surface area contributed by atoms with Crippen LogP contribution in [-0.4, -0.2) is 11.1 Å². The van der Waals surface area contributed by atoms with Crippen LogP contribution in [0.25, 0.3) is 10.9 Å². The second-order valence-corrected chi connectivity index (χ2v) is 4.82. The van der Waals surface area contributed by atoms with E-state index in [4.69, 9.17) is 17.3 Å². The summed E-state index contributed by atoms with van der Waals surface area (Å²) in [5.74, 6) is 0.502. The number of aromatic nitrogens is 1. The van der Waals surface area contributed by atoms with Gasteiger partial charge in [-0.25, -0.2) is 0 Å². The van der Waals surface area contributed by atoms with Crippen LogP contribution in [0.2, 0.25) is 5.02 Å². The SMILES string of the molecule is CC(CN)Cc1cc2cccc(Cl)c2n1C. The molecular formula is C13H17ClN2. The highest BCUT2D eigenvalue weighted by Gasteiger charge is 2.10. The zero-order valence-electron chi connectivity index (χ0n) is 9.70. The van der Waals surface area contributed by atoms with E-state index in [9.17, 15) is 0 Å². The molecule has 1 aromatic heterocycles. The molecule has 1 aromatic carbocycles. The molecule has 3 heteroatoms. The van der Waals surface area contributed by atoms with Gasteiger partial charge in [-0.15, -0.1) is 0 Å². The van der Waals surface area contributed by atoms with Gasteiger partial charge in [0.1, 0.15) is 0 Å². The van der Waals surface area contributed by atoms with E-state index in [1.807, 2.05) is 12.1 Å². The first-order valence-corrected chi connectivity index (χ1v) is 5.94. The predicted octanol–water partition coefficient (Wildman–Crippen LogP) is 2.97. The third kappa shape index (κ3) is 1.95. The summed E-state index contributed by atoms with van der Waals surface area (Å²) in [6, 6.07) is 8.21. The van der Waals surface area contributed by atoms with Crippen molar-refractivity contribution >= 4 is 22.5 Å². The number of halogens is 1. The lowest BCUT2D eigenvalue weighted by atomic mass is 10.1. The van der Waals surface area contributed by atoms with Crippen LogP contribution in [0.15, 0.2) is 24.3 Å². The van der Waals surface area contributed by atoms with E-state index in [0.29, 0.717) is 5.92 Å². The number of aryl methyl sites for hydroxylation is 1. The minimum atomic E-state index is 0.502. The number of fused-ring (bicyclic) bond motifs is 1. The lowest BCUT2D eigenvalue weighted by Crippen LogP contribution is -2.14. The molecule has 0 aliphatic rings. The van der Waals surface area contributed by atoms with Crippen molar-refractivity contribution < 1.29 is 0 Å². The Hall–Kier alpha value is -0.990. The van der Waals surface area contributed by atoms with E-state index in [1.54, 1.807) is 0 Å². The topological polar surface area (TPSA) is 30.9 Å². The van der Waals surface area contributed by atoms with Gasteiger partial charge in [0.25, 0.3) is 0 Å². The van der Waals surface area contributed by atoms with Crippen LogP contribution in [0.3, 0.4) is 0 Å². The molecular weight excluding hydrogens is 220 g/mol. The molecule has 0 fully saturated rings. The second-order valence-electron chi connectivity index (χ2n) is 4.42. The highest BCUT2D eigenvalue weighted by molar-refractivity contribution is 6.35. The quantitative estimate of drug-likeness (QED) is 0.873. The van der Waals surface area contributed by atoms with Crippen molar-refractivity contribution in [1.29, 1.82) is 0 Å². The Morgan fingerprint density at radius 1 is 1.44 bits per heavy atom. The zero-order valence-corrected chi connectivity index (χ0v) is 10.5. The standard InChI is InChI=1S/C13H17ClN2/c1-9(8-15)6-11-7-10-4-3-5-12(14)13(10)16(11)2/h3-5,7,9H,6,8,15H2,1-2H3. The molecule has 16 heavy (non-hydrogen) atoms. The molecule has 0 radical (unpaired) electrons. The van der Waals surface area contributed by atoms with Gasteiger partial charge >= 0.3 is 0 Å². The molecule has 1 heterocycles. The number of para-hydroxylation sites is 1. The highest BCUT2D eigenvalue weighted by atomic mass is 35.5. The van der Waals surface area contributed by atoms with Crippen molar-refractivity contribution in [2.75, 3.05) is 6.54 Å². The van der Waals surface area contributed by atoms with Crippen LogP contribution in [0.5, 0.6) is 0 Å². The molecule has 0 saturated heterocycles. The highest BCUT2D eigenvalue weighted by Crippen LogP contribution is 2.27. The average molecular weight is 237 g/mol. The predicted molar refractivity (Wildman–Crippen MR) is 69.9 cm³/mol. The van der Waals surface area contributed by atoms with Gasteiger partial charge in [0, 0.05) is 18.1 Å². The normalized spacial score (nSPS) is 13.2. The molecule has 1 unspecified atom stereocenters. The Labute approximate surface area is 101 Å². The van der Waals surface area contributed by atoms with E-state index >= 15 is 0 Å². The summed E-state index contributed by atoms with van der Waals surface area (Å²) in [5, 5.41) is 2.01. The number of hydrogen-bond donors (Lipinski definition) is 1. The minimum absolute atomic E-state index is 0.502. The molecule has 2 nitrogen and oxygen atoms in total. The lowest BCUT2D eigenvalue weighted by molar-refractivity contribution is 0.574. The first-order valence-electron chi connectivity index (χ1n) is 5.56. The molecule has 2 N–H and O–H groups in total. The first-order chi connectivity index (χ1) is 7.63. The second kappa shape index (κ2) is 4.48. The average Bonchev–Trinajstić information content (AvgIpc) is 2.57. The van der Waals surface area contributed by atoms with Crippen LogP contribution >= 0.6 is 11.6 Å². The molecule has 0 aliphatic heterocycles. The molecule has 2 rings (SSSR count). The van der Waals surface area contributed by atoms with Crippen LogP contribution < -0.4 is 5.73 Å². The van der Waals surface area contributed by atoms with Gasteiger partial charge in [-0.2, -0.15) is 0 Å². The van der Waals surface area contributed by atoms with E-state index < -0.39 is 0 Å². The first kappa shape index (κ1) is 11.5. The maximum atomic E-state index is 6.20. The summed E-state index contributed by atoms with van der Waals surface area (Å²) in [5.41, 5.74) is 8.07. The molecule has 1 atom stereocenters. The smallest absolute Gasteiger partial charge is 0.0669 e. The fourth-order valence-electron chi connectivity index (χ4n) is 2.06. The Morgan fingerprint density at radius 3 is 2.81 bits per heavy atom. The Bertz CT molecular complexity index is 502. The van der Waals surface area contributed by atoms with Gasteiger partial charge in [0.2, 0.25) is 0 Å². The fraction of sp³-hybridized carbons (Fsp3) is 0.385. The summed E-state index contributed by atoms with van der Waals surface area (Å²) < 4.78 is 2.17. The van der Waals surface area contributed by atoms with Crippen LogP contribution in [0.4, 0.5) is 0 Å². The van der Waals surface area contributed by atoms with Gasteiger partial charge in [0.15, 0.2) is 0 Å². The largest absolute Gasteiger partial charge is 0.346 e. The summed E-state index contributed by atoms with van der Waals surface area (Å²) in [6.45, 7) is 2.88. The Morgan fingerprint density at radius 2 is 2.19 bits per heavy atom. The van der Waals surface area contributed by atoms with Crippen LogP contribution in [0, 0.1) is 5.92 Å². The Balaban J connectivity index is 2.48. The van der Waals surface area contributed by atoms with Crippen LogP contribution in [-0.2, 0) is 13.5 Å². The number of benzene rings is 1. The summed E-state index contributed by atoms with van der Waals surface area (Å²) in [6.07, 6.45) is 0.998. The molecule has 86 valence electrons. The summed E-state index contributed by atoms with van der Waals surface area (Å²) in [7, 11) is 2.06. The van der Waals surface area contributed by atoms with E-state index in [-0.39, 0.29) is 0 Å². The van der Waals surface area contributed by atoms with E-state index in [1.165, 1.54) is 11.1 Å². The third-order valence-electron chi connectivity index (χ3n) is 3.07. The van der Waals surface area contributed by atoms with E-state index in [2.05, 4.69) is 30.7 Å². The monoisotopic (exact) mass is 236 g/mol. The number of hydrogen-bond acceptors (Lipinski definition) is 1. The summed E-state index contributed by atoms with van der Waals surface area (Å²) in [4.78, 5) is 0. The number of nitrogens with two attached hydrogens (primary N) is 1. The molecule has 0 aliphatic carbocycles. The molecule has 0 amide bonds. The minimum Gasteiger partial charge on any atom is -0.346 e. The lowest BCUT2D eigenvalue weighted by Gasteiger charge is -2.09. The van der Waals surface area contributed by atoms with Crippen molar-refractivity contribution in [2.24, 2.45) is 18.7 Å². The maximum Gasteiger partial charge on any atom is 0.0669 e. The molecule has 2 aromatic rings. The number of rotatable bonds is 3. The van der Waals surface area contributed by atoms with Gasteiger partial charge in [-0.3, -0.25) is 0 Å². The Kier molecular flexibility index (Phi) is 3.22. The van der Waals surface area contributed by atoms with Crippen LogP contribution in [0.1, 0.15) is 12.6 Å². The third-order valence-corrected chi connectivity index (χ3v) is 3.37. The van der Waals surface area contributed by atoms with Gasteiger partial charge in [-0.05, 0) is 31.0 Å². The maximum absolute atomic E-state index is 6.20. The van der Waals surface area contributed by atoms with Gasteiger partial charge < -0.3 is 10.3 Å². The fourth-order valence-corrected chi connectivity index (χ4v) is 2.37. The van der Waals surface area contributed by atoms with Gasteiger partial charge in [-0.1, -0.05) is 30.7 Å². The molecule has 0 spiro atoms. The van der Waals surface area contributed by atoms with Gasteiger partial charge in [0.05, 0.1) is 10.5 Å². The van der Waals surface area contributed by atoms with Crippen molar-refractivity contribution in [3.8, 4) is 0 Å². The van der Waals surface area contributed by atoms with Crippen molar-refractivity contribution in [3.05, 3.63) is 35.0 Å². The zero-order chi connectivity index (χ0) is 11.7. The van der Waals surface area contributed by atoms with Crippen molar-refractivity contribution in [3.63, 3.8) is 0 Å². The number of nitrogens with zero attached hydrogens (tertiary/aromatic N) is 1. The molecule has 0 bridgehead atoms. The molecule has 0 saturated carbocycles. The summed E-state index contributed by atoms with van der Waals surface area (Å²) >= 11 is 6.20. The van der Waals surface area contributed by atoms with Crippen molar-refractivity contribution in [2.45, 2.75) is 13.3 Å². The van der Waals surface area contributed by atoms with E-state index in [0.717, 1.165) is 23.5 Å².